The second-order valence-electron chi connectivity index (χ2n) is 4.75. The smallest absolute Gasteiger partial charge is 0.408 e. The maximum atomic E-state index is 11.7. The molecule has 3 rings (SSSR count). The monoisotopic (exact) mass is 289 g/mol. The van der Waals surface area contributed by atoms with Gasteiger partial charge in [-0.3, -0.25) is 4.57 Å². The third-order valence-corrected chi connectivity index (χ3v) is 4.39. The molecule has 2 aromatic heterocycles. The molecule has 1 unspecified atom stereocenters. The number of aliphatic hydroxyl groups excluding tert-OH is 1. The summed E-state index contributed by atoms with van der Waals surface area (Å²) in [5.41, 5.74) is 3.97. The third-order valence-electron chi connectivity index (χ3n) is 3.51. The normalized spacial score (nSPS) is 12.9. The van der Waals surface area contributed by atoms with E-state index in [4.69, 9.17) is 4.42 Å². The molecule has 0 aliphatic heterocycles. The summed E-state index contributed by atoms with van der Waals surface area (Å²) in [6, 6.07) is 5.40. The summed E-state index contributed by atoms with van der Waals surface area (Å²) in [7, 11) is 0. The SMILES string of the molecule is CCn1c(=O)oc2cc(C(O)c3cscc3C)ccc21. The second kappa shape index (κ2) is 4.92. The Balaban J connectivity index is 2.10. The van der Waals surface area contributed by atoms with E-state index < -0.39 is 6.10 Å². The molecule has 0 spiro atoms. The van der Waals surface area contributed by atoms with E-state index >= 15 is 0 Å². The number of fused-ring (bicyclic) bond motifs is 1. The van der Waals surface area contributed by atoms with Gasteiger partial charge < -0.3 is 9.52 Å². The van der Waals surface area contributed by atoms with Crippen LogP contribution < -0.4 is 5.76 Å². The van der Waals surface area contributed by atoms with Gasteiger partial charge in [0.2, 0.25) is 0 Å². The van der Waals surface area contributed by atoms with Crippen LogP contribution in [0.2, 0.25) is 0 Å². The molecule has 1 aromatic carbocycles. The lowest BCUT2D eigenvalue weighted by Crippen LogP contribution is -2.11. The molecule has 20 heavy (non-hydrogen) atoms. The lowest BCUT2D eigenvalue weighted by Gasteiger charge is -2.10. The number of rotatable bonds is 3. The predicted octanol–water partition coefficient (Wildman–Crippen LogP) is 3.07. The molecule has 0 radical (unpaired) electrons. The Kier molecular flexibility index (Phi) is 3.23. The lowest BCUT2D eigenvalue weighted by atomic mass is 10.0. The van der Waals surface area contributed by atoms with Crippen molar-refractivity contribution in [3.8, 4) is 0 Å². The van der Waals surface area contributed by atoms with E-state index in [9.17, 15) is 9.90 Å². The zero-order chi connectivity index (χ0) is 14.3. The van der Waals surface area contributed by atoms with Crippen LogP contribution in [0.5, 0.6) is 0 Å². The number of aliphatic hydroxyl groups is 1. The van der Waals surface area contributed by atoms with Crippen molar-refractivity contribution in [2.75, 3.05) is 0 Å². The first kappa shape index (κ1) is 13.1. The minimum Gasteiger partial charge on any atom is -0.408 e. The van der Waals surface area contributed by atoms with Crippen LogP contribution in [0, 0.1) is 6.92 Å². The van der Waals surface area contributed by atoms with Gasteiger partial charge in [0.05, 0.1) is 5.52 Å². The standard InChI is InChI=1S/C15H15NO3S/c1-3-16-12-5-4-10(6-13(12)19-15(16)18)14(17)11-8-20-7-9(11)2/h4-8,14,17H,3H2,1-2H3. The molecule has 0 aliphatic rings. The summed E-state index contributed by atoms with van der Waals surface area (Å²) in [6.45, 7) is 4.44. The number of hydrogen-bond donors (Lipinski definition) is 1. The van der Waals surface area contributed by atoms with Gasteiger partial charge in [0.25, 0.3) is 0 Å². The first-order chi connectivity index (χ1) is 9.61. The molecule has 0 saturated carbocycles. The van der Waals surface area contributed by atoms with E-state index in [0.29, 0.717) is 12.1 Å². The van der Waals surface area contributed by atoms with Crippen LogP contribution in [0.4, 0.5) is 0 Å². The number of aryl methyl sites for hydroxylation is 2. The fourth-order valence-corrected chi connectivity index (χ4v) is 3.25. The van der Waals surface area contributed by atoms with E-state index in [1.165, 1.54) is 0 Å². The Labute approximate surface area is 119 Å². The molecule has 0 saturated heterocycles. The van der Waals surface area contributed by atoms with Gasteiger partial charge in [-0.2, -0.15) is 11.3 Å². The van der Waals surface area contributed by atoms with Crippen molar-refractivity contribution < 1.29 is 9.52 Å². The number of aromatic nitrogens is 1. The highest BCUT2D eigenvalue weighted by Crippen LogP contribution is 2.29. The third kappa shape index (κ3) is 1.99. The zero-order valence-electron chi connectivity index (χ0n) is 11.3. The predicted molar refractivity (Wildman–Crippen MR) is 79.3 cm³/mol. The minimum absolute atomic E-state index is 0.360. The van der Waals surface area contributed by atoms with E-state index in [0.717, 1.165) is 22.2 Å². The molecule has 0 amide bonds. The molecule has 3 aromatic rings. The number of thiophene rings is 1. The molecular formula is C15H15NO3S. The maximum Gasteiger partial charge on any atom is 0.419 e. The Morgan fingerprint density at radius 2 is 2.20 bits per heavy atom. The van der Waals surface area contributed by atoms with Gasteiger partial charge in [0, 0.05) is 6.54 Å². The van der Waals surface area contributed by atoms with Crippen molar-refractivity contribution in [3.05, 3.63) is 56.2 Å². The summed E-state index contributed by atoms with van der Waals surface area (Å²) >= 11 is 1.57. The fourth-order valence-electron chi connectivity index (χ4n) is 2.38. The van der Waals surface area contributed by atoms with Crippen molar-refractivity contribution in [3.63, 3.8) is 0 Å². The second-order valence-corrected chi connectivity index (χ2v) is 5.50. The van der Waals surface area contributed by atoms with Gasteiger partial charge in [-0.15, -0.1) is 0 Å². The van der Waals surface area contributed by atoms with E-state index in [-0.39, 0.29) is 5.76 Å². The first-order valence-corrected chi connectivity index (χ1v) is 7.40. The Hall–Kier alpha value is -1.85. The highest BCUT2D eigenvalue weighted by Gasteiger charge is 2.16. The van der Waals surface area contributed by atoms with Crippen LogP contribution in [0.1, 0.15) is 29.7 Å². The van der Waals surface area contributed by atoms with Crippen LogP contribution in [0.15, 0.2) is 38.2 Å². The minimum atomic E-state index is -0.694. The number of oxazole rings is 1. The number of nitrogens with zero attached hydrogens (tertiary/aromatic N) is 1. The molecule has 0 aliphatic carbocycles. The highest BCUT2D eigenvalue weighted by atomic mass is 32.1. The molecule has 0 fully saturated rings. The average Bonchev–Trinajstić information content (AvgIpc) is 2.99. The Morgan fingerprint density at radius 3 is 2.85 bits per heavy atom. The van der Waals surface area contributed by atoms with Crippen LogP contribution in [0.3, 0.4) is 0 Å². The molecule has 5 heteroatoms. The molecule has 0 bridgehead atoms. The molecule has 2 heterocycles. The topological polar surface area (TPSA) is 55.4 Å². The summed E-state index contributed by atoms with van der Waals surface area (Å²) in [4.78, 5) is 11.7. The number of benzene rings is 1. The average molecular weight is 289 g/mol. The van der Waals surface area contributed by atoms with Crippen LogP contribution in [-0.2, 0) is 6.54 Å². The maximum absolute atomic E-state index is 11.7. The van der Waals surface area contributed by atoms with Gasteiger partial charge >= 0.3 is 5.76 Å². The number of hydrogen-bond acceptors (Lipinski definition) is 4. The Bertz CT molecular complexity index is 812. The summed E-state index contributed by atoms with van der Waals surface area (Å²) < 4.78 is 6.80. The van der Waals surface area contributed by atoms with Crippen molar-refractivity contribution in [2.24, 2.45) is 0 Å². The molecule has 1 atom stereocenters. The molecule has 4 nitrogen and oxygen atoms in total. The highest BCUT2D eigenvalue weighted by molar-refractivity contribution is 7.08. The van der Waals surface area contributed by atoms with E-state index in [1.807, 2.05) is 36.7 Å². The summed E-state index contributed by atoms with van der Waals surface area (Å²) in [6.07, 6.45) is -0.694. The summed E-state index contributed by atoms with van der Waals surface area (Å²) in [5.74, 6) is -0.360. The zero-order valence-corrected chi connectivity index (χ0v) is 12.1. The van der Waals surface area contributed by atoms with Gasteiger partial charge in [-0.1, -0.05) is 6.07 Å². The van der Waals surface area contributed by atoms with Crippen LogP contribution in [0.25, 0.3) is 11.1 Å². The molecule has 104 valence electrons. The van der Waals surface area contributed by atoms with Crippen molar-refractivity contribution in [1.29, 1.82) is 0 Å². The van der Waals surface area contributed by atoms with Crippen LogP contribution in [-0.4, -0.2) is 9.67 Å². The summed E-state index contributed by atoms with van der Waals surface area (Å²) in [5, 5.41) is 14.4. The van der Waals surface area contributed by atoms with Gasteiger partial charge in [-0.25, -0.2) is 4.79 Å². The quantitative estimate of drug-likeness (QED) is 0.806. The van der Waals surface area contributed by atoms with E-state index in [1.54, 1.807) is 22.0 Å². The van der Waals surface area contributed by atoms with Crippen molar-refractivity contribution in [2.45, 2.75) is 26.5 Å². The fraction of sp³-hybridized carbons (Fsp3) is 0.267. The first-order valence-electron chi connectivity index (χ1n) is 6.46. The van der Waals surface area contributed by atoms with E-state index in [2.05, 4.69) is 0 Å². The van der Waals surface area contributed by atoms with Crippen molar-refractivity contribution >= 4 is 22.4 Å². The molecule has 1 N–H and O–H groups in total. The van der Waals surface area contributed by atoms with Gasteiger partial charge in [0.1, 0.15) is 6.10 Å². The van der Waals surface area contributed by atoms with Gasteiger partial charge in [-0.05, 0) is 53.4 Å². The Morgan fingerprint density at radius 1 is 1.40 bits per heavy atom. The van der Waals surface area contributed by atoms with Crippen LogP contribution >= 0.6 is 11.3 Å². The largest absolute Gasteiger partial charge is 0.419 e. The van der Waals surface area contributed by atoms with Gasteiger partial charge in [0.15, 0.2) is 5.58 Å². The lowest BCUT2D eigenvalue weighted by molar-refractivity contribution is 0.220. The molecular weight excluding hydrogens is 274 g/mol. The van der Waals surface area contributed by atoms with Crippen molar-refractivity contribution in [1.82, 2.24) is 4.57 Å².